The van der Waals surface area contributed by atoms with Crippen LogP contribution in [0, 0.1) is 0 Å². The smallest absolute Gasteiger partial charge is 0.108 e. The van der Waals surface area contributed by atoms with E-state index in [0.29, 0.717) is 11.0 Å². The summed E-state index contributed by atoms with van der Waals surface area (Å²) < 4.78 is 0.550. The Bertz CT molecular complexity index is 144. The number of hydrogen-bond acceptors (Lipinski definition) is 3. The molecular formula is C7H15ClNO3-. The molecule has 0 aliphatic carbocycles. The molecule has 74 valence electrons. The van der Waals surface area contributed by atoms with Gasteiger partial charge in [0.25, 0.3) is 0 Å². The minimum absolute atomic E-state index is 0. The lowest BCUT2D eigenvalue weighted by Gasteiger charge is -2.26. The molecule has 0 bridgehead atoms. The highest BCUT2D eigenvalue weighted by atomic mass is 35.5. The van der Waals surface area contributed by atoms with E-state index in [1.807, 2.05) is 21.1 Å². The zero-order valence-electron chi connectivity index (χ0n) is 7.58. The van der Waals surface area contributed by atoms with Crippen LogP contribution in [-0.4, -0.2) is 49.4 Å². The number of rotatable bonds is 4. The van der Waals surface area contributed by atoms with E-state index in [9.17, 15) is 9.90 Å². The molecule has 0 rings (SSSR count). The fraction of sp³-hybridized carbons (Fsp3) is 0.857. The van der Waals surface area contributed by atoms with E-state index in [1.165, 1.54) is 0 Å². The summed E-state index contributed by atoms with van der Waals surface area (Å²) >= 11 is 0. The molecule has 5 heteroatoms. The Morgan fingerprint density at radius 1 is 1.50 bits per heavy atom. The van der Waals surface area contributed by atoms with Crippen molar-refractivity contribution < 1.29 is 31.9 Å². The highest BCUT2D eigenvalue weighted by Gasteiger charge is 2.14. The predicted octanol–water partition coefficient (Wildman–Crippen LogP) is -4.80. The molecule has 1 N–H and O–H groups in total. The number of carbonyl (C=O) groups excluding carboxylic acids is 1. The largest absolute Gasteiger partial charge is 1.00 e. The second-order valence-electron chi connectivity index (χ2n) is 3.70. The topological polar surface area (TPSA) is 60.4 Å². The molecule has 0 fully saturated rings. The van der Waals surface area contributed by atoms with Crippen LogP contribution < -0.4 is 17.5 Å². The Balaban J connectivity index is 0. The van der Waals surface area contributed by atoms with Gasteiger partial charge in [0, 0.05) is 12.4 Å². The number of aliphatic hydroxyl groups excluding tert-OH is 1. The maximum Gasteiger partial charge on any atom is 0.108 e. The molecular weight excluding hydrogens is 182 g/mol. The summed E-state index contributed by atoms with van der Waals surface area (Å²) in [5, 5.41) is 19.1. The molecule has 12 heavy (non-hydrogen) atoms. The first-order valence-electron chi connectivity index (χ1n) is 3.49. The fourth-order valence-corrected chi connectivity index (χ4v) is 0.889. The van der Waals surface area contributed by atoms with Gasteiger partial charge in [-0.25, -0.2) is 0 Å². The Morgan fingerprint density at radius 2 is 1.92 bits per heavy atom. The molecule has 0 aliphatic heterocycles. The Kier molecular flexibility index (Phi) is 6.34. The van der Waals surface area contributed by atoms with Gasteiger partial charge in [-0.3, -0.25) is 0 Å². The molecule has 0 aromatic rings. The van der Waals surface area contributed by atoms with Crippen molar-refractivity contribution in [3.8, 4) is 0 Å². The summed E-state index contributed by atoms with van der Waals surface area (Å²) in [5.41, 5.74) is 0. The van der Waals surface area contributed by atoms with Crippen LogP contribution in [0.5, 0.6) is 0 Å². The molecule has 0 heterocycles. The maximum atomic E-state index is 10.0. The Hall–Kier alpha value is -0.320. The monoisotopic (exact) mass is 196 g/mol. The highest BCUT2D eigenvalue weighted by molar-refractivity contribution is 5.64. The van der Waals surface area contributed by atoms with Crippen LogP contribution in [0.15, 0.2) is 0 Å². The van der Waals surface area contributed by atoms with Crippen LogP contribution in [-0.2, 0) is 4.79 Å². The molecule has 0 saturated carbocycles. The summed E-state index contributed by atoms with van der Waals surface area (Å²) in [7, 11) is 5.66. The molecule has 0 aromatic heterocycles. The zero-order chi connectivity index (χ0) is 9.07. The third-order valence-electron chi connectivity index (χ3n) is 1.16. The van der Waals surface area contributed by atoms with Gasteiger partial charge in [-0.15, -0.1) is 0 Å². The van der Waals surface area contributed by atoms with Gasteiger partial charge in [0.05, 0.1) is 21.1 Å². The minimum atomic E-state index is -1.20. The van der Waals surface area contributed by atoms with Crippen LogP contribution in [0.25, 0.3) is 0 Å². The van der Waals surface area contributed by atoms with Crippen molar-refractivity contribution in [2.75, 3.05) is 27.7 Å². The van der Waals surface area contributed by atoms with Gasteiger partial charge >= 0.3 is 0 Å². The summed E-state index contributed by atoms with van der Waals surface area (Å²) in [5.74, 6) is -1.20. The number of hydrogen-bond donors (Lipinski definition) is 1. The third-order valence-corrected chi connectivity index (χ3v) is 1.16. The van der Waals surface area contributed by atoms with Crippen molar-refractivity contribution in [1.29, 1.82) is 0 Å². The number of carbonyl (C=O) groups is 1. The van der Waals surface area contributed by atoms with Crippen molar-refractivity contribution >= 4 is 5.97 Å². The molecule has 0 amide bonds. The number of halogens is 1. The first-order chi connectivity index (χ1) is 4.81. The maximum absolute atomic E-state index is 10.0. The highest BCUT2D eigenvalue weighted by Crippen LogP contribution is 1.97. The van der Waals surface area contributed by atoms with Crippen molar-refractivity contribution in [3.63, 3.8) is 0 Å². The molecule has 1 atom stereocenters. The standard InChI is InChI=1S/C7H15NO3.ClH/c1-8(2,3)5-6(9)4-7(10)11;/h6,9H,4-5H2,1-3H3;1H/p-1/t6-;/m0./s1. The minimum Gasteiger partial charge on any atom is -1.00 e. The number of quaternary nitrogens is 1. The number of aliphatic carboxylic acids is 1. The van der Waals surface area contributed by atoms with Crippen LogP contribution in [0.2, 0.25) is 0 Å². The summed E-state index contributed by atoms with van der Waals surface area (Å²) in [6, 6.07) is 0. The van der Waals surface area contributed by atoms with E-state index in [0.717, 1.165) is 0 Å². The average molecular weight is 197 g/mol. The number of carboxylic acid groups (broad SMARTS) is 1. The quantitative estimate of drug-likeness (QED) is 0.459. The van der Waals surface area contributed by atoms with Gasteiger partial charge in [-0.05, 0) is 0 Å². The first-order valence-corrected chi connectivity index (χ1v) is 3.49. The Morgan fingerprint density at radius 3 is 2.17 bits per heavy atom. The molecule has 0 aliphatic rings. The average Bonchev–Trinajstić information content (AvgIpc) is 1.53. The number of likely N-dealkylation sites (N-methyl/N-ethyl adjacent to an activating group) is 1. The van der Waals surface area contributed by atoms with Crippen LogP contribution in [0.4, 0.5) is 0 Å². The van der Waals surface area contributed by atoms with Crippen molar-refractivity contribution in [1.82, 2.24) is 0 Å². The van der Waals surface area contributed by atoms with Gasteiger partial charge < -0.3 is 31.9 Å². The van der Waals surface area contributed by atoms with E-state index < -0.39 is 12.1 Å². The fourth-order valence-electron chi connectivity index (χ4n) is 0.889. The SMILES string of the molecule is C[N+](C)(C)C[C@@H](O)CC(=O)[O-].[Cl-]. The first kappa shape index (κ1) is 14.2. The predicted molar refractivity (Wildman–Crippen MR) is 38.5 cm³/mol. The molecule has 4 nitrogen and oxygen atoms in total. The van der Waals surface area contributed by atoms with Crippen molar-refractivity contribution in [2.24, 2.45) is 0 Å². The second-order valence-corrected chi connectivity index (χ2v) is 3.70. The molecule has 0 radical (unpaired) electrons. The van der Waals surface area contributed by atoms with Crippen molar-refractivity contribution in [2.45, 2.75) is 12.5 Å². The molecule has 0 unspecified atom stereocenters. The van der Waals surface area contributed by atoms with Gasteiger partial charge in [-0.2, -0.15) is 0 Å². The number of aliphatic hydroxyl groups is 1. The second kappa shape index (κ2) is 5.35. The lowest BCUT2D eigenvalue weighted by molar-refractivity contribution is -0.873. The Labute approximate surface area is 78.8 Å². The van der Waals surface area contributed by atoms with E-state index in [2.05, 4.69) is 0 Å². The van der Waals surface area contributed by atoms with E-state index in [-0.39, 0.29) is 18.8 Å². The third kappa shape index (κ3) is 9.68. The van der Waals surface area contributed by atoms with Gasteiger partial charge in [-0.1, -0.05) is 0 Å². The normalized spacial score (nSPS) is 13.3. The summed E-state index contributed by atoms with van der Waals surface area (Å²) in [6.45, 7) is 0.425. The van der Waals surface area contributed by atoms with Gasteiger partial charge in [0.1, 0.15) is 12.6 Å². The van der Waals surface area contributed by atoms with E-state index in [1.54, 1.807) is 0 Å². The van der Waals surface area contributed by atoms with Crippen molar-refractivity contribution in [3.05, 3.63) is 0 Å². The molecule has 0 aromatic carbocycles. The molecule has 0 spiro atoms. The number of carboxylic acids is 1. The van der Waals surface area contributed by atoms with E-state index >= 15 is 0 Å². The number of nitrogens with zero attached hydrogens (tertiary/aromatic N) is 1. The zero-order valence-corrected chi connectivity index (χ0v) is 8.34. The van der Waals surface area contributed by atoms with Gasteiger partial charge in [0.15, 0.2) is 0 Å². The lowest BCUT2D eigenvalue weighted by atomic mass is 10.2. The van der Waals surface area contributed by atoms with Crippen LogP contribution >= 0.6 is 0 Å². The summed E-state index contributed by atoms with van der Waals surface area (Å²) in [4.78, 5) is 10.0. The molecule has 0 saturated heterocycles. The van der Waals surface area contributed by atoms with Crippen LogP contribution in [0.1, 0.15) is 6.42 Å². The van der Waals surface area contributed by atoms with Gasteiger partial charge in [0.2, 0.25) is 0 Å². The van der Waals surface area contributed by atoms with Crippen LogP contribution in [0.3, 0.4) is 0 Å². The van der Waals surface area contributed by atoms with E-state index in [4.69, 9.17) is 5.11 Å². The lowest BCUT2D eigenvalue weighted by Crippen LogP contribution is -3.00. The summed E-state index contributed by atoms with van der Waals surface area (Å²) in [6.07, 6.45) is -1.09.